The maximum absolute atomic E-state index is 12.3. The zero-order chi connectivity index (χ0) is 19.7. The molecule has 1 fully saturated rings. The monoisotopic (exact) mass is 383 g/mol. The number of likely N-dealkylation sites (N-methyl/N-ethyl adjacent to an activating group) is 1. The highest BCUT2D eigenvalue weighted by Crippen LogP contribution is 2.27. The highest BCUT2D eigenvalue weighted by molar-refractivity contribution is 6.00. The lowest BCUT2D eigenvalue weighted by Gasteiger charge is -2.36. The molecule has 2 aromatic rings. The average Bonchev–Trinajstić information content (AvgIpc) is 2.72. The summed E-state index contributed by atoms with van der Waals surface area (Å²) in [6, 6.07) is 5.94. The zero-order valence-electron chi connectivity index (χ0n) is 16.1. The number of fused-ring (bicyclic) bond motifs is 1. The van der Waals surface area contributed by atoms with Gasteiger partial charge in [0, 0.05) is 56.4 Å². The normalized spacial score (nSPS) is 20.0. The van der Waals surface area contributed by atoms with E-state index in [9.17, 15) is 9.90 Å². The van der Waals surface area contributed by atoms with E-state index in [0.29, 0.717) is 11.4 Å². The molecule has 0 bridgehead atoms. The molecule has 1 amide bonds. The number of amides is 1. The van der Waals surface area contributed by atoms with Gasteiger partial charge in [-0.3, -0.25) is 4.79 Å². The minimum Gasteiger partial charge on any atom is -0.392 e. The van der Waals surface area contributed by atoms with Gasteiger partial charge in [-0.1, -0.05) is 0 Å². The van der Waals surface area contributed by atoms with Crippen LogP contribution in [-0.4, -0.2) is 72.4 Å². The van der Waals surface area contributed by atoms with Gasteiger partial charge in [0.1, 0.15) is 17.7 Å². The maximum atomic E-state index is 12.3. The van der Waals surface area contributed by atoms with Crippen LogP contribution in [0.2, 0.25) is 0 Å². The molecular formula is C19H25N7O2. The van der Waals surface area contributed by atoms with Crippen LogP contribution in [0.3, 0.4) is 0 Å². The number of aliphatic hydroxyl groups is 1. The van der Waals surface area contributed by atoms with E-state index in [1.807, 2.05) is 30.1 Å². The van der Waals surface area contributed by atoms with Crippen LogP contribution in [0.25, 0.3) is 0 Å². The Kier molecular flexibility index (Phi) is 5.01. The van der Waals surface area contributed by atoms with Crippen LogP contribution in [0.15, 0.2) is 30.7 Å². The predicted molar refractivity (Wildman–Crippen MR) is 107 cm³/mol. The van der Waals surface area contributed by atoms with E-state index in [1.165, 1.54) is 12.5 Å². The molecule has 1 atom stereocenters. The van der Waals surface area contributed by atoms with Crippen molar-refractivity contribution in [1.82, 2.24) is 20.2 Å². The number of rotatable bonds is 4. The van der Waals surface area contributed by atoms with Gasteiger partial charge in [0.15, 0.2) is 6.29 Å². The summed E-state index contributed by atoms with van der Waals surface area (Å²) < 4.78 is 0. The number of nitrogens with zero attached hydrogens (tertiary/aromatic N) is 5. The summed E-state index contributed by atoms with van der Waals surface area (Å²) in [6.45, 7) is 3.85. The van der Waals surface area contributed by atoms with Gasteiger partial charge >= 0.3 is 0 Å². The fourth-order valence-electron chi connectivity index (χ4n) is 3.63. The molecule has 9 nitrogen and oxygen atoms in total. The highest BCUT2D eigenvalue weighted by Gasteiger charge is 2.29. The molecule has 3 heterocycles. The molecule has 4 rings (SSSR count). The standard InChI is InChI=1S/C19H25N7O2/c1-24-5-7-26(8-6-24)16-4-3-14(9-13(16)11-27)22-19-23-18(28)15-10-20-12-21-17(15)25(19)2/h3-4,9-10,12,19,22,27H,5-8,11H2,1-2H3,(H,23,28). The summed E-state index contributed by atoms with van der Waals surface area (Å²) in [7, 11) is 3.98. The molecule has 2 aliphatic heterocycles. The number of hydrogen-bond donors (Lipinski definition) is 3. The fourth-order valence-corrected chi connectivity index (χ4v) is 3.63. The second-order valence-electron chi connectivity index (χ2n) is 7.18. The van der Waals surface area contributed by atoms with Gasteiger partial charge in [-0.05, 0) is 25.2 Å². The summed E-state index contributed by atoms with van der Waals surface area (Å²) in [5.74, 6) is 0.357. The molecule has 0 radical (unpaired) electrons. The molecule has 0 aliphatic carbocycles. The van der Waals surface area contributed by atoms with Crippen LogP contribution < -0.4 is 20.4 Å². The van der Waals surface area contributed by atoms with Crippen molar-refractivity contribution in [3.05, 3.63) is 41.9 Å². The number of hydrogen-bond acceptors (Lipinski definition) is 8. The molecule has 3 N–H and O–H groups in total. The number of anilines is 3. The molecule has 1 unspecified atom stereocenters. The number of aliphatic hydroxyl groups excluding tert-OH is 1. The van der Waals surface area contributed by atoms with Crippen molar-refractivity contribution in [2.24, 2.45) is 0 Å². The number of piperazine rings is 1. The molecule has 9 heteroatoms. The molecule has 0 spiro atoms. The van der Waals surface area contributed by atoms with Crippen molar-refractivity contribution < 1.29 is 9.90 Å². The second kappa shape index (κ2) is 7.61. The third-order valence-corrected chi connectivity index (χ3v) is 5.32. The van der Waals surface area contributed by atoms with Crippen LogP contribution in [0.1, 0.15) is 15.9 Å². The Morgan fingerprint density at radius 1 is 1.25 bits per heavy atom. The Morgan fingerprint density at radius 3 is 2.79 bits per heavy atom. The van der Waals surface area contributed by atoms with Crippen molar-refractivity contribution in [2.45, 2.75) is 12.9 Å². The van der Waals surface area contributed by atoms with Crippen LogP contribution >= 0.6 is 0 Å². The Balaban J connectivity index is 1.53. The fraction of sp³-hybridized carbons (Fsp3) is 0.421. The number of nitrogens with one attached hydrogen (secondary N) is 2. The SMILES string of the molecule is CN1CCN(c2ccc(NC3NC(=O)c4cncnc4N3C)cc2CO)CC1. The van der Waals surface area contributed by atoms with E-state index in [4.69, 9.17) is 0 Å². The maximum Gasteiger partial charge on any atom is 0.259 e. The van der Waals surface area contributed by atoms with E-state index in [0.717, 1.165) is 43.1 Å². The number of aromatic nitrogens is 2. The second-order valence-corrected chi connectivity index (χ2v) is 7.18. The third-order valence-electron chi connectivity index (χ3n) is 5.32. The molecule has 148 valence electrons. The quantitative estimate of drug-likeness (QED) is 0.694. The predicted octanol–water partition coefficient (Wildman–Crippen LogP) is 0.296. The smallest absolute Gasteiger partial charge is 0.259 e. The topological polar surface area (TPSA) is 96.9 Å². The first kappa shape index (κ1) is 18.5. The van der Waals surface area contributed by atoms with Crippen molar-refractivity contribution in [1.29, 1.82) is 0 Å². The Morgan fingerprint density at radius 2 is 2.04 bits per heavy atom. The van der Waals surface area contributed by atoms with Crippen molar-refractivity contribution >= 4 is 23.1 Å². The van der Waals surface area contributed by atoms with Gasteiger partial charge < -0.3 is 30.4 Å². The van der Waals surface area contributed by atoms with Gasteiger partial charge in [0.2, 0.25) is 0 Å². The lowest BCUT2D eigenvalue weighted by molar-refractivity contribution is 0.0932. The summed E-state index contributed by atoms with van der Waals surface area (Å²) in [5, 5.41) is 16.1. The third kappa shape index (κ3) is 3.46. The van der Waals surface area contributed by atoms with E-state index in [-0.39, 0.29) is 12.5 Å². The minimum atomic E-state index is -0.448. The van der Waals surface area contributed by atoms with Crippen molar-refractivity contribution in [3.63, 3.8) is 0 Å². The Bertz CT molecular complexity index is 867. The van der Waals surface area contributed by atoms with Gasteiger partial charge in [-0.15, -0.1) is 0 Å². The van der Waals surface area contributed by atoms with E-state index >= 15 is 0 Å². The summed E-state index contributed by atoms with van der Waals surface area (Å²) in [5.41, 5.74) is 3.18. The van der Waals surface area contributed by atoms with Gasteiger partial charge in [0.05, 0.1) is 6.61 Å². The van der Waals surface area contributed by atoms with Crippen LogP contribution in [0, 0.1) is 0 Å². The van der Waals surface area contributed by atoms with Crippen LogP contribution in [-0.2, 0) is 6.61 Å². The van der Waals surface area contributed by atoms with Crippen LogP contribution in [0.5, 0.6) is 0 Å². The zero-order valence-corrected chi connectivity index (χ0v) is 16.1. The van der Waals surface area contributed by atoms with E-state index in [1.54, 1.807) is 0 Å². The molecule has 1 aromatic carbocycles. The lowest BCUT2D eigenvalue weighted by atomic mass is 10.1. The van der Waals surface area contributed by atoms with Gasteiger partial charge in [-0.25, -0.2) is 9.97 Å². The van der Waals surface area contributed by atoms with Gasteiger partial charge in [-0.2, -0.15) is 0 Å². The number of carbonyl (C=O) groups excluding carboxylic acids is 1. The van der Waals surface area contributed by atoms with Crippen molar-refractivity contribution in [2.75, 3.05) is 55.4 Å². The Labute approximate surface area is 164 Å². The summed E-state index contributed by atoms with van der Waals surface area (Å²) in [6.07, 6.45) is 2.50. The largest absolute Gasteiger partial charge is 0.392 e. The highest BCUT2D eigenvalue weighted by atomic mass is 16.3. The summed E-state index contributed by atoms with van der Waals surface area (Å²) in [4.78, 5) is 26.9. The van der Waals surface area contributed by atoms with E-state index < -0.39 is 6.29 Å². The summed E-state index contributed by atoms with van der Waals surface area (Å²) >= 11 is 0. The first-order valence-electron chi connectivity index (χ1n) is 9.34. The van der Waals surface area contributed by atoms with Crippen molar-refractivity contribution in [3.8, 4) is 0 Å². The molecule has 1 saturated heterocycles. The number of benzene rings is 1. The molecule has 2 aliphatic rings. The van der Waals surface area contributed by atoms with Crippen LogP contribution in [0.4, 0.5) is 17.2 Å². The number of carbonyl (C=O) groups is 1. The first-order chi connectivity index (χ1) is 13.6. The minimum absolute atomic E-state index is 0.0416. The molecular weight excluding hydrogens is 358 g/mol. The molecule has 28 heavy (non-hydrogen) atoms. The van der Waals surface area contributed by atoms with E-state index in [2.05, 4.69) is 37.4 Å². The first-order valence-corrected chi connectivity index (χ1v) is 9.34. The lowest BCUT2D eigenvalue weighted by Crippen LogP contribution is -2.55. The average molecular weight is 383 g/mol. The molecule has 0 saturated carbocycles. The Hall–Kier alpha value is -2.91. The molecule has 1 aromatic heterocycles. The van der Waals surface area contributed by atoms with Gasteiger partial charge in [0.25, 0.3) is 5.91 Å².